The summed E-state index contributed by atoms with van der Waals surface area (Å²) in [7, 11) is 0. The van der Waals surface area contributed by atoms with Gasteiger partial charge in [-0.3, -0.25) is 4.57 Å². The SMILES string of the molecule is CCC.c1ccc(-c2ccc(-c3nc(-c4ccc(-c5ccccc5)cc4)nc(-n4c5c(-c6cccc7oc8ccccc8c67)cccc5c5c6ccccc6c6ccccc6c54)n3)cc2)cc1. The molecule has 3 aromatic heterocycles. The zero-order chi connectivity index (χ0) is 44.8. The second kappa shape index (κ2) is 16.7. The number of nitrogens with zero attached hydrogens (tertiary/aromatic N) is 4. The van der Waals surface area contributed by atoms with Gasteiger partial charge in [0.1, 0.15) is 11.2 Å². The third-order valence-electron chi connectivity index (χ3n) is 12.7. The minimum absolute atomic E-state index is 0.538. The van der Waals surface area contributed by atoms with Gasteiger partial charge in [0.2, 0.25) is 5.95 Å². The Morgan fingerprint density at radius 2 is 0.761 bits per heavy atom. The lowest BCUT2D eigenvalue weighted by Crippen LogP contribution is -2.07. The Hall–Kier alpha value is -8.67. The molecule has 0 radical (unpaired) electrons. The van der Waals surface area contributed by atoms with Crippen LogP contribution in [0.3, 0.4) is 0 Å². The molecule has 0 aliphatic rings. The van der Waals surface area contributed by atoms with E-state index < -0.39 is 0 Å². The maximum absolute atomic E-state index is 6.48. The fourth-order valence-electron chi connectivity index (χ4n) is 9.75. The van der Waals surface area contributed by atoms with Crippen molar-refractivity contribution >= 4 is 65.3 Å². The van der Waals surface area contributed by atoms with Gasteiger partial charge in [0.15, 0.2) is 11.6 Å². The number of rotatable bonds is 6. The highest BCUT2D eigenvalue weighted by Crippen LogP contribution is 2.47. The molecule has 13 aromatic rings. The number of para-hydroxylation sites is 2. The van der Waals surface area contributed by atoms with E-state index >= 15 is 0 Å². The van der Waals surface area contributed by atoms with Crippen LogP contribution in [0.15, 0.2) is 223 Å². The smallest absolute Gasteiger partial charge is 0.238 e. The number of hydrogen-bond acceptors (Lipinski definition) is 4. The predicted octanol–water partition coefficient (Wildman–Crippen LogP) is 16.9. The minimum atomic E-state index is 0.538. The Morgan fingerprint density at radius 1 is 0.328 bits per heavy atom. The van der Waals surface area contributed by atoms with Crippen molar-refractivity contribution in [3.8, 4) is 62.1 Å². The summed E-state index contributed by atoms with van der Waals surface area (Å²) < 4.78 is 8.79. The first-order valence-electron chi connectivity index (χ1n) is 23.0. The average Bonchev–Trinajstić information content (AvgIpc) is 3.97. The molecule has 0 atom stereocenters. The molecule has 0 aliphatic carbocycles. The van der Waals surface area contributed by atoms with E-state index in [9.17, 15) is 0 Å². The first-order valence-corrected chi connectivity index (χ1v) is 23.0. The van der Waals surface area contributed by atoms with Crippen LogP contribution >= 0.6 is 0 Å². The lowest BCUT2D eigenvalue weighted by molar-refractivity contribution is 0.669. The van der Waals surface area contributed by atoms with Gasteiger partial charge in [-0.05, 0) is 56.1 Å². The van der Waals surface area contributed by atoms with Gasteiger partial charge in [0, 0.05) is 43.6 Å². The lowest BCUT2D eigenvalue weighted by Gasteiger charge is -2.15. The van der Waals surface area contributed by atoms with Crippen LogP contribution in [0.1, 0.15) is 20.3 Å². The third kappa shape index (κ3) is 6.83. The molecule has 0 saturated heterocycles. The van der Waals surface area contributed by atoms with Crippen LogP contribution in [0, 0.1) is 0 Å². The molecular formula is C62H44N4O. The highest BCUT2D eigenvalue weighted by molar-refractivity contribution is 6.33. The molecule has 0 saturated carbocycles. The average molecular weight is 861 g/mol. The normalized spacial score (nSPS) is 11.5. The van der Waals surface area contributed by atoms with E-state index in [2.05, 4.69) is 213 Å². The Morgan fingerprint density at radius 3 is 1.37 bits per heavy atom. The summed E-state index contributed by atoms with van der Waals surface area (Å²) >= 11 is 0. The second-order valence-corrected chi connectivity index (χ2v) is 17.0. The zero-order valence-electron chi connectivity index (χ0n) is 37.2. The van der Waals surface area contributed by atoms with Crippen LogP contribution in [0.4, 0.5) is 0 Å². The number of fused-ring (bicyclic) bond motifs is 11. The number of furan rings is 1. The summed E-state index contributed by atoms with van der Waals surface area (Å²) in [6, 6.07) is 76.8. The molecule has 0 aliphatic heterocycles. The molecule has 0 amide bonds. The van der Waals surface area contributed by atoms with E-state index in [-0.39, 0.29) is 0 Å². The van der Waals surface area contributed by atoms with Gasteiger partial charge in [0.05, 0.1) is 11.0 Å². The Labute approximate surface area is 388 Å². The standard InChI is InChI=1S/C59H36N4O.C3H8/c1-3-15-37(16-4-1)39-29-33-41(34-30-39)57-60-58(42-35-31-40(32-36-42)38-17-5-2-6-18-38)62-59(61-57)63-55-48(46-24-14-28-52-53(46)49-23-11-12-27-51(49)64-52)25-13-26-50(55)54-45-21-9-7-19-43(45)44-20-8-10-22-47(44)56(54)63;1-3-2/h1-36H;3H2,1-2H3. The Bertz CT molecular complexity index is 3840. The van der Waals surface area contributed by atoms with Gasteiger partial charge in [-0.15, -0.1) is 0 Å². The van der Waals surface area contributed by atoms with Gasteiger partial charge in [-0.2, -0.15) is 9.97 Å². The van der Waals surface area contributed by atoms with Crippen molar-refractivity contribution in [1.82, 2.24) is 19.5 Å². The summed E-state index contributed by atoms with van der Waals surface area (Å²) in [4.78, 5) is 16.2. The topological polar surface area (TPSA) is 56.7 Å². The van der Waals surface area contributed by atoms with E-state index in [4.69, 9.17) is 19.4 Å². The number of aromatic nitrogens is 4. The molecule has 3 heterocycles. The van der Waals surface area contributed by atoms with Crippen LogP contribution in [-0.2, 0) is 0 Å². The Balaban J connectivity index is 0.00000152. The summed E-state index contributed by atoms with van der Waals surface area (Å²) in [5.74, 6) is 1.72. The van der Waals surface area contributed by atoms with Crippen LogP contribution in [0.25, 0.3) is 127 Å². The summed E-state index contributed by atoms with van der Waals surface area (Å²) in [6.45, 7) is 4.25. The molecule has 5 nitrogen and oxygen atoms in total. The van der Waals surface area contributed by atoms with Crippen molar-refractivity contribution in [3.63, 3.8) is 0 Å². The molecule has 13 rings (SSSR count). The molecular weight excluding hydrogens is 817 g/mol. The van der Waals surface area contributed by atoms with E-state index in [0.29, 0.717) is 17.6 Å². The predicted molar refractivity (Wildman–Crippen MR) is 280 cm³/mol. The summed E-state index contributed by atoms with van der Waals surface area (Å²) in [5, 5.41) is 9.08. The quantitative estimate of drug-likeness (QED) is 0.156. The van der Waals surface area contributed by atoms with Crippen LogP contribution < -0.4 is 0 Å². The second-order valence-electron chi connectivity index (χ2n) is 17.0. The molecule has 0 N–H and O–H groups in total. The van der Waals surface area contributed by atoms with Gasteiger partial charge >= 0.3 is 0 Å². The van der Waals surface area contributed by atoms with E-state index in [1.54, 1.807) is 0 Å². The third-order valence-corrected chi connectivity index (χ3v) is 12.7. The van der Waals surface area contributed by atoms with Crippen LogP contribution in [0.5, 0.6) is 0 Å². The summed E-state index contributed by atoms with van der Waals surface area (Å²) in [5.41, 5.74) is 12.3. The van der Waals surface area contributed by atoms with Crippen molar-refractivity contribution in [3.05, 3.63) is 218 Å². The first kappa shape index (κ1) is 39.9. The van der Waals surface area contributed by atoms with Crippen molar-refractivity contribution in [1.29, 1.82) is 0 Å². The molecule has 0 fully saturated rings. The van der Waals surface area contributed by atoms with Crippen LogP contribution in [-0.4, -0.2) is 19.5 Å². The van der Waals surface area contributed by atoms with Crippen molar-refractivity contribution in [2.45, 2.75) is 20.3 Å². The molecule has 0 unspecified atom stereocenters. The summed E-state index contributed by atoms with van der Waals surface area (Å²) in [6.07, 6.45) is 1.25. The fraction of sp³-hybridized carbons (Fsp3) is 0.0484. The first-order chi connectivity index (χ1) is 33.2. The number of hydrogen-bond donors (Lipinski definition) is 0. The Kier molecular flexibility index (Phi) is 9.95. The van der Waals surface area contributed by atoms with Crippen molar-refractivity contribution in [2.24, 2.45) is 0 Å². The molecule has 0 bridgehead atoms. The van der Waals surface area contributed by atoms with Gasteiger partial charge in [-0.1, -0.05) is 227 Å². The molecule has 0 spiro atoms. The molecule has 5 heteroatoms. The molecule has 318 valence electrons. The highest BCUT2D eigenvalue weighted by atomic mass is 16.3. The molecule has 10 aromatic carbocycles. The lowest BCUT2D eigenvalue weighted by atomic mass is 9.95. The van der Waals surface area contributed by atoms with E-state index in [0.717, 1.165) is 93.6 Å². The van der Waals surface area contributed by atoms with E-state index in [1.165, 1.54) is 22.6 Å². The van der Waals surface area contributed by atoms with Gasteiger partial charge in [0.25, 0.3) is 0 Å². The number of benzene rings is 10. The van der Waals surface area contributed by atoms with Gasteiger partial charge < -0.3 is 4.42 Å². The molecule has 67 heavy (non-hydrogen) atoms. The highest BCUT2D eigenvalue weighted by Gasteiger charge is 2.25. The maximum atomic E-state index is 6.48. The van der Waals surface area contributed by atoms with Gasteiger partial charge in [-0.25, -0.2) is 4.98 Å². The monoisotopic (exact) mass is 860 g/mol. The zero-order valence-corrected chi connectivity index (χ0v) is 37.2. The fourth-order valence-corrected chi connectivity index (χ4v) is 9.75. The minimum Gasteiger partial charge on any atom is -0.456 e. The van der Waals surface area contributed by atoms with E-state index in [1.807, 2.05) is 24.3 Å². The largest absolute Gasteiger partial charge is 0.456 e. The van der Waals surface area contributed by atoms with Crippen LogP contribution in [0.2, 0.25) is 0 Å². The van der Waals surface area contributed by atoms with Crippen molar-refractivity contribution in [2.75, 3.05) is 0 Å². The van der Waals surface area contributed by atoms with Crippen molar-refractivity contribution < 1.29 is 4.42 Å². The maximum Gasteiger partial charge on any atom is 0.238 e.